The van der Waals surface area contributed by atoms with Gasteiger partial charge in [-0.1, -0.05) is 23.7 Å². The van der Waals surface area contributed by atoms with Gasteiger partial charge >= 0.3 is 0 Å². The Bertz CT molecular complexity index is 1090. The van der Waals surface area contributed by atoms with Crippen molar-refractivity contribution in [3.63, 3.8) is 0 Å². The predicted molar refractivity (Wildman–Crippen MR) is 113 cm³/mol. The first-order chi connectivity index (χ1) is 13.9. The molecule has 0 saturated carbocycles. The van der Waals surface area contributed by atoms with Crippen LogP contribution in [0.2, 0.25) is 5.02 Å². The highest BCUT2D eigenvalue weighted by molar-refractivity contribution is 7.89. The summed E-state index contributed by atoms with van der Waals surface area (Å²) < 4.78 is 32.2. The Morgan fingerprint density at radius 1 is 1.07 bits per heavy atom. The largest absolute Gasteiger partial charge is 0.492 e. The minimum absolute atomic E-state index is 0.126. The van der Waals surface area contributed by atoms with Gasteiger partial charge in [0.05, 0.1) is 22.9 Å². The lowest BCUT2D eigenvalue weighted by atomic mass is 10.1. The average molecular weight is 433 g/mol. The zero-order valence-electron chi connectivity index (χ0n) is 16.0. The molecule has 29 heavy (non-hydrogen) atoms. The lowest BCUT2D eigenvalue weighted by Gasteiger charge is -2.14. The molecular formula is C20H21ClN4O3S. The molecule has 3 rings (SSSR count). The molecule has 2 N–H and O–H groups in total. The van der Waals surface area contributed by atoms with Crippen LogP contribution in [0.15, 0.2) is 59.8 Å². The van der Waals surface area contributed by atoms with Crippen molar-refractivity contribution in [3.8, 4) is 5.75 Å². The summed E-state index contributed by atoms with van der Waals surface area (Å²) >= 11 is 5.93. The van der Waals surface area contributed by atoms with Gasteiger partial charge < -0.3 is 10.1 Å². The number of sulfonamides is 1. The van der Waals surface area contributed by atoms with Crippen LogP contribution in [0.3, 0.4) is 0 Å². The van der Waals surface area contributed by atoms with Crippen molar-refractivity contribution < 1.29 is 13.2 Å². The number of anilines is 2. The second kappa shape index (κ2) is 9.21. The minimum Gasteiger partial charge on any atom is -0.492 e. The van der Waals surface area contributed by atoms with Gasteiger partial charge in [-0.2, -0.15) is 0 Å². The van der Waals surface area contributed by atoms with Gasteiger partial charge in [0, 0.05) is 17.5 Å². The number of rotatable bonds is 8. The number of benzene rings is 2. The summed E-state index contributed by atoms with van der Waals surface area (Å²) in [7, 11) is -2.22. The van der Waals surface area contributed by atoms with E-state index in [0.29, 0.717) is 35.3 Å². The van der Waals surface area contributed by atoms with Gasteiger partial charge in [-0.25, -0.2) is 23.1 Å². The van der Waals surface area contributed by atoms with Crippen LogP contribution in [0.25, 0.3) is 0 Å². The lowest BCUT2D eigenvalue weighted by molar-refractivity contribution is 0.341. The third-order valence-electron chi connectivity index (χ3n) is 4.11. The molecule has 0 spiro atoms. The summed E-state index contributed by atoms with van der Waals surface area (Å²) in [6.07, 6.45) is 2.07. The third-order valence-corrected chi connectivity index (χ3v) is 5.78. The zero-order chi connectivity index (χ0) is 20.9. The van der Waals surface area contributed by atoms with Gasteiger partial charge in [0.15, 0.2) is 0 Å². The van der Waals surface area contributed by atoms with Crippen molar-refractivity contribution in [3.05, 3.63) is 71.1 Å². The first kappa shape index (κ1) is 21.0. The van der Waals surface area contributed by atoms with Crippen molar-refractivity contribution in [2.75, 3.05) is 19.0 Å². The maximum Gasteiger partial charge on any atom is 0.240 e. The van der Waals surface area contributed by atoms with E-state index in [0.717, 1.165) is 11.3 Å². The SMILES string of the molecule is CCOc1ccc(S(=O)(=O)NC)cc1Nc1cc(Cc2ccc(Cl)cc2)ncn1. The van der Waals surface area contributed by atoms with Gasteiger partial charge in [0.2, 0.25) is 10.0 Å². The second-order valence-electron chi connectivity index (χ2n) is 6.12. The van der Waals surface area contributed by atoms with E-state index in [1.807, 2.05) is 37.3 Å². The number of ether oxygens (including phenoxy) is 1. The molecule has 1 heterocycles. The quantitative estimate of drug-likeness (QED) is 0.562. The van der Waals surface area contributed by atoms with Crippen molar-refractivity contribution in [1.29, 1.82) is 0 Å². The summed E-state index contributed by atoms with van der Waals surface area (Å²) in [5, 5.41) is 3.82. The summed E-state index contributed by atoms with van der Waals surface area (Å²) in [4.78, 5) is 8.67. The van der Waals surface area contributed by atoms with Crippen LogP contribution in [0.5, 0.6) is 5.75 Å². The van der Waals surface area contributed by atoms with Crippen molar-refractivity contribution in [1.82, 2.24) is 14.7 Å². The van der Waals surface area contributed by atoms with Crippen LogP contribution in [0.4, 0.5) is 11.5 Å². The van der Waals surface area contributed by atoms with Gasteiger partial charge in [-0.05, 0) is 49.9 Å². The second-order valence-corrected chi connectivity index (χ2v) is 8.44. The third kappa shape index (κ3) is 5.44. The van der Waals surface area contributed by atoms with E-state index in [-0.39, 0.29) is 4.90 Å². The van der Waals surface area contributed by atoms with Crippen LogP contribution in [-0.2, 0) is 16.4 Å². The highest BCUT2D eigenvalue weighted by atomic mass is 35.5. The fourth-order valence-corrected chi connectivity index (χ4v) is 3.57. The molecule has 152 valence electrons. The normalized spacial score (nSPS) is 11.3. The molecule has 0 fully saturated rings. The molecular weight excluding hydrogens is 412 g/mol. The van der Waals surface area contributed by atoms with E-state index in [9.17, 15) is 8.42 Å². The number of hydrogen-bond acceptors (Lipinski definition) is 6. The highest BCUT2D eigenvalue weighted by Gasteiger charge is 2.15. The number of halogens is 1. The molecule has 0 atom stereocenters. The van der Waals surface area contributed by atoms with E-state index >= 15 is 0 Å². The summed E-state index contributed by atoms with van der Waals surface area (Å²) in [5.74, 6) is 1.06. The zero-order valence-corrected chi connectivity index (χ0v) is 17.6. The average Bonchev–Trinajstić information content (AvgIpc) is 2.71. The molecule has 0 unspecified atom stereocenters. The number of hydrogen-bond donors (Lipinski definition) is 2. The summed E-state index contributed by atoms with van der Waals surface area (Å²) in [6.45, 7) is 2.30. The molecule has 0 radical (unpaired) electrons. The molecule has 0 amide bonds. The van der Waals surface area contributed by atoms with Gasteiger partial charge in [0.1, 0.15) is 17.9 Å². The van der Waals surface area contributed by atoms with Crippen molar-refractivity contribution >= 4 is 33.1 Å². The topological polar surface area (TPSA) is 93.2 Å². The van der Waals surface area contributed by atoms with E-state index in [2.05, 4.69) is 20.0 Å². The molecule has 3 aromatic rings. The van der Waals surface area contributed by atoms with Crippen molar-refractivity contribution in [2.24, 2.45) is 0 Å². The van der Waals surface area contributed by atoms with Crippen LogP contribution in [0.1, 0.15) is 18.2 Å². The smallest absolute Gasteiger partial charge is 0.240 e. The van der Waals surface area contributed by atoms with E-state index in [4.69, 9.17) is 16.3 Å². The van der Waals surface area contributed by atoms with E-state index < -0.39 is 10.0 Å². The first-order valence-electron chi connectivity index (χ1n) is 8.94. The monoisotopic (exact) mass is 432 g/mol. The molecule has 0 aliphatic heterocycles. The Morgan fingerprint density at radius 2 is 1.83 bits per heavy atom. The first-order valence-corrected chi connectivity index (χ1v) is 10.8. The van der Waals surface area contributed by atoms with E-state index in [1.54, 1.807) is 6.07 Å². The fourth-order valence-electron chi connectivity index (χ4n) is 2.69. The molecule has 2 aromatic carbocycles. The molecule has 0 bridgehead atoms. The standard InChI is InChI=1S/C20H21ClN4O3S/c1-3-28-19-9-8-17(29(26,27)22-2)12-18(19)25-20-11-16(23-13-24-20)10-14-4-6-15(21)7-5-14/h4-9,11-13,22H,3,10H2,1-2H3,(H,23,24,25). The maximum absolute atomic E-state index is 12.1. The number of nitrogens with zero attached hydrogens (tertiary/aromatic N) is 2. The molecule has 7 nitrogen and oxygen atoms in total. The summed E-state index contributed by atoms with van der Waals surface area (Å²) in [6, 6.07) is 14.0. The van der Waals surface area contributed by atoms with Crippen molar-refractivity contribution in [2.45, 2.75) is 18.2 Å². The Morgan fingerprint density at radius 3 is 2.52 bits per heavy atom. The Hall–Kier alpha value is -2.68. The number of nitrogens with one attached hydrogen (secondary N) is 2. The molecule has 1 aromatic heterocycles. The van der Waals surface area contributed by atoms with Crippen LogP contribution in [-0.4, -0.2) is 32.0 Å². The summed E-state index contributed by atoms with van der Waals surface area (Å²) in [5.41, 5.74) is 2.37. The Labute approximate surface area is 175 Å². The van der Waals surface area contributed by atoms with Gasteiger partial charge in [0.25, 0.3) is 0 Å². The van der Waals surface area contributed by atoms with Crippen LogP contribution in [0, 0.1) is 0 Å². The van der Waals surface area contributed by atoms with Crippen LogP contribution < -0.4 is 14.8 Å². The Kier molecular flexibility index (Phi) is 6.68. The maximum atomic E-state index is 12.1. The molecule has 0 saturated heterocycles. The van der Waals surface area contributed by atoms with E-state index in [1.165, 1.54) is 25.5 Å². The Balaban J connectivity index is 1.88. The lowest BCUT2D eigenvalue weighted by Crippen LogP contribution is -2.18. The predicted octanol–water partition coefficient (Wildman–Crippen LogP) is 3.77. The molecule has 0 aliphatic carbocycles. The highest BCUT2D eigenvalue weighted by Crippen LogP contribution is 2.30. The van der Waals surface area contributed by atoms with Gasteiger partial charge in [-0.15, -0.1) is 0 Å². The number of aromatic nitrogens is 2. The minimum atomic E-state index is -3.59. The van der Waals surface area contributed by atoms with Gasteiger partial charge in [-0.3, -0.25) is 0 Å². The van der Waals surface area contributed by atoms with Crippen LogP contribution >= 0.6 is 11.6 Å². The molecule has 0 aliphatic rings. The fraction of sp³-hybridized carbons (Fsp3) is 0.200. The molecule has 9 heteroatoms.